The van der Waals surface area contributed by atoms with Crippen LogP contribution in [0.15, 0.2) is 42.5 Å². The number of hydrogen-bond acceptors (Lipinski definition) is 3. The summed E-state index contributed by atoms with van der Waals surface area (Å²) in [6.07, 6.45) is 0. The number of carbonyl (C=O) groups is 1. The Hall–Kier alpha value is -2.49. The summed E-state index contributed by atoms with van der Waals surface area (Å²) in [5.41, 5.74) is 2.78. The van der Waals surface area contributed by atoms with Gasteiger partial charge in [0.25, 0.3) is 5.69 Å². The molecule has 19 heavy (non-hydrogen) atoms. The minimum Gasteiger partial charge on any atom is -0.289 e. The lowest BCUT2D eigenvalue weighted by atomic mass is 9.97. The second-order valence-electron chi connectivity index (χ2n) is 4.45. The van der Waals surface area contributed by atoms with E-state index < -0.39 is 4.92 Å². The molecule has 0 saturated carbocycles. The monoisotopic (exact) mass is 255 g/mol. The zero-order chi connectivity index (χ0) is 14.0. The molecule has 0 fully saturated rings. The molecular weight excluding hydrogens is 242 g/mol. The van der Waals surface area contributed by atoms with E-state index in [0.717, 1.165) is 11.1 Å². The summed E-state index contributed by atoms with van der Waals surface area (Å²) in [4.78, 5) is 22.5. The van der Waals surface area contributed by atoms with Crippen LogP contribution in [0.5, 0.6) is 0 Å². The van der Waals surface area contributed by atoms with Gasteiger partial charge in [0.1, 0.15) is 0 Å². The number of benzene rings is 2. The van der Waals surface area contributed by atoms with Crippen molar-refractivity contribution >= 4 is 11.5 Å². The minimum absolute atomic E-state index is 0.0735. The number of ketones is 1. The third-order valence-electron chi connectivity index (χ3n) is 2.95. The van der Waals surface area contributed by atoms with E-state index in [1.54, 1.807) is 12.1 Å². The first-order valence-corrected chi connectivity index (χ1v) is 5.85. The summed E-state index contributed by atoms with van der Waals surface area (Å²) < 4.78 is 0. The van der Waals surface area contributed by atoms with Crippen LogP contribution in [0.25, 0.3) is 0 Å². The zero-order valence-electron chi connectivity index (χ0n) is 10.7. The van der Waals surface area contributed by atoms with E-state index in [2.05, 4.69) is 0 Å². The Morgan fingerprint density at radius 3 is 2.47 bits per heavy atom. The van der Waals surface area contributed by atoms with Crippen LogP contribution >= 0.6 is 0 Å². The molecule has 96 valence electrons. The van der Waals surface area contributed by atoms with E-state index in [1.807, 2.05) is 26.0 Å². The van der Waals surface area contributed by atoms with Gasteiger partial charge in [0.05, 0.1) is 4.92 Å². The van der Waals surface area contributed by atoms with Crippen molar-refractivity contribution in [2.75, 3.05) is 0 Å². The van der Waals surface area contributed by atoms with E-state index in [1.165, 1.54) is 18.2 Å². The van der Waals surface area contributed by atoms with Crippen LogP contribution < -0.4 is 0 Å². The highest BCUT2D eigenvalue weighted by molar-refractivity contribution is 6.10. The molecule has 0 saturated heterocycles. The largest absolute Gasteiger partial charge is 0.289 e. The molecule has 0 spiro atoms. The Morgan fingerprint density at radius 1 is 1.11 bits per heavy atom. The summed E-state index contributed by atoms with van der Waals surface area (Å²) in [7, 11) is 0. The van der Waals surface area contributed by atoms with Crippen LogP contribution in [-0.2, 0) is 0 Å². The summed E-state index contributed by atoms with van der Waals surface area (Å²) >= 11 is 0. The summed E-state index contributed by atoms with van der Waals surface area (Å²) in [5.74, 6) is -0.193. The number of carbonyl (C=O) groups excluding carboxylic acids is 1. The molecule has 0 heterocycles. The quantitative estimate of drug-likeness (QED) is 0.479. The van der Waals surface area contributed by atoms with Crippen LogP contribution in [0.1, 0.15) is 27.0 Å². The minimum atomic E-state index is -0.501. The second-order valence-corrected chi connectivity index (χ2v) is 4.45. The number of rotatable bonds is 3. The van der Waals surface area contributed by atoms with Crippen molar-refractivity contribution in [1.82, 2.24) is 0 Å². The number of non-ortho nitro benzene ring substituents is 1. The Labute approximate surface area is 110 Å². The lowest BCUT2D eigenvalue weighted by molar-refractivity contribution is -0.384. The predicted octanol–water partition coefficient (Wildman–Crippen LogP) is 3.44. The SMILES string of the molecule is Cc1ccc(C(=O)c2cccc([N+](=O)[O-])c2)c(C)c1. The molecule has 4 nitrogen and oxygen atoms in total. The first-order chi connectivity index (χ1) is 8.99. The Bertz CT molecular complexity index is 662. The van der Waals surface area contributed by atoms with E-state index in [9.17, 15) is 14.9 Å². The molecule has 0 amide bonds. The first-order valence-electron chi connectivity index (χ1n) is 5.85. The highest BCUT2D eigenvalue weighted by atomic mass is 16.6. The number of aryl methyl sites for hydroxylation is 2. The van der Waals surface area contributed by atoms with Crippen molar-refractivity contribution in [2.24, 2.45) is 0 Å². The molecule has 2 aromatic rings. The highest BCUT2D eigenvalue weighted by Gasteiger charge is 2.14. The van der Waals surface area contributed by atoms with Gasteiger partial charge in [-0.1, -0.05) is 35.9 Å². The van der Waals surface area contributed by atoms with Crippen molar-refractivity contribution < 1.29 is 9.72 Å². The molecular formula is C15H13NO3. The Morgan fingerprint density at radius 2 is 1.84 bits per heavy atom. The second kappa shape index (κ2) is 5.02. The number of hydrogen-bond donors (Lipinski definition) is 0. The summed E-state index contributed by atoms with van der Waals surface area (Å²) in [6.45, 7) is 3.81. The normalized spacial score (nSPS) is 10.2. The maximum atomic E-state index is 12.3. The van der Waals surface area contributed by atoms with Gasteiger partial charge in [-0.15, -0.1) is 0 Å². The van der Waals surface area contributed by atoms with Gasteiger partial charge in [-0.05, 0) is 19.4 Å². The van der Waals surface area contributed by atoms with Crippen molar-refractivity contribution in [3.05, 3.63) is 74.8 Å². The molecule has 0 atom stereocenters. The summed E-state index contributed by atoms with van der Waals surface area (Å²) in [6, 6.07) is 11.3. The lowest BCUT2D eigenvalue weighted by Gasteiger charge is -2.06. The lowest BCUT2D eigenvalue weighted by Crippen LogP contribution is -2.04. The number of nitro groups is 1. The molecule has 0 N–H and O–H groups in total. The van der Waals surface area contributed by atoms with Gasteiger partial charge in [0.2, 0.25) is 0 Å². The van der Waals surface area contributed by atoms with Crippen molar-refractivity contribution in [3.63, 3.8) is 0 Å². The average molecular weight is 255 g/mol. The first kappa shape index (κ1) is 13.0. The number of nitrogens with zero attached hydrogens (tertiary/aromatic N) is 1. The van der Waals surface area contributed by atoms with E-state index in [-0.39, 0.29) is 11.5 Å². The maximum Gasteiger partial charge on any atom is 0.270 e. The molecule has 0 aliphatic carbocycles. The van der Waals surface area contributed by atoms with Gasteiger partial charge in [0.15, 0.2) is 5.78 Å². The van der Waals surface area contributed by atoms with Crippen LogP contribution in [0.3, 0.4) is 0 Å². The van der Waals surface area contributed by atoms with Crippen molar-refractivity contribution in [2.45, 2.75) is 13.8 Å². The Balaban J connectivity index is 2.44. The molecule has 0 aliphatic rings. The van der Waals surface area contributed by atoms with Gasteiger partial charge in [0, 0.05) is 23.3 Å². The van der Waals surface area contributed by atoms with Gasteiger partial charge in [-0.3, -0.25) is 14.9 Å². The van der Waals surface area contributed by atoms with Gasteiger partial charge >= 0.3 is 0 Å². The van der Waals surface area contributed by atoms with Crippen molar-refractivity contribution in [3.8, 4) is 0 Å². The topological polar surface area (TPSA) is 60.2 Å². The highest BCUT2D eigenvalue weighted by Crippen LogP contribution is 2.19. The van der Waals surface area contributed by atoms with Crippen LogP contribution in [0.2, 0.25) is 0 Å². The fourth-order valence-corrected chi connectivity index (χ4v) is 1.98. The standard InChI is InChI=1S/C15H13NO3/c1-10-6-7-14(11(2)8-10)15(17)12-4-3-5-13(9-12)16(18)19/h3-9H,1-2H3. The average Bonchev–Trinajstić information content (AvgIpc) is 2.38. The van der Waals surface area contributed by atoms with E-state index in [0.29, 0.717) is 11.1 Å². The van der Waals surface area contributed by atoms with E-state index >= 15 is 0 Å². The van der Waals surface area contributed by atoms with Crippen LogP contribution in [-0.4, -0.2) is 10.7 Å². The number of nitro benzene ring substituents is 1. The molecule has 0 aliphatic heterocycles. The molecule has 0 aromatic heterocycles. The maximum absolute atomic E-state index is 12.3. The molecule has 2 rings (SSSR count). The van der Waals surface area contributed by atoms with Gasteiger partial charge in [-0.2, -0.15) is 0 Å². The molecule has 0 bridgehead atoms. The molecule has 2 aromatic carbocycles. The smallest absolute Gasteiger partial charge is 0.270 e. The van der Waals surface area contributed by atoms with E-state index in [4.69, 9.17) is 0 Å². The fraction of sp³-hybridized carbons (Fsp3) is 0.133. The molecule has 0 unspecified atom stereocenters. The molecule has 4 heteroatoms. The Kier molecular flexibility index (Phi) is 3.42. The molecule has 0 radical (unpaired) electrons. The van der Waals surface area contributed by atoms with Crippen LogP contribution in [0, 0.1) is 24.0 Å². The fourth-order valence-electron chi connectivity index (χ4n) is 1.98. The predicted molar refractivity (Wildman–Crippen MR) is 72.4 cm³/mol. The third-order valence-corrected chi connectivity index (χ3v) is 2.95. The van der Waals surface area contributed by atoms with Gasteiger partial charge in [-0.25, -0.2) is 0 Å². The van der Waals surface area contributed by atoms with Crippen LogP contribution in [0.4, 0.5) is 5.69 Å². The summed E-state index contributed by atoms with van der Waals surface area (Å²) in [5, 5.41) is 10.7. The van der Waals surface area contributed by atoms with Crippen molar-refractivity contribution in [1.29, 1.82) is 0 Å². The zero-order valence-corrected chi connectivity index (χ0v) is 10.7. The van der Waals surface area contributed by atoms with Gasteiger partial charge < -0.3 is 0 Å². The third kappa shape index (κ3) is 2.68.